The van der Waals surface area contributed by atoms with Crippen LogP contribution in [0.5, 0.6) is 5.75 Å². The fourth-order valence-electron chi connectivity index (χ4n) is 2.66. The molecule has 1 fully saturated rings. The third kappa shape index (κ3) is 2.23. The van der Waals surface area contributed by atoms with Crippen LogP contribution in [0.1, 0.15) is 35.7 Å². The maximum Gasteiger partial charge on any atom is 0.123 e. The van der Waals surface area contributed by atoms with Crippen molar-refractivity contribution in [3.8, 4) is 5.75 Å². The molecule has 0 aliphatic carbocycles. The van der Waals surface area contributed by atoms with E-state index in [1.165, 1.54) is 17.5 Å². The van der Waals surface area contributed by atoms with E-state index in [2.05, 4.69) is 41.1 Å². The normalized spacial score (nSPS) is 28.8. The Balaban J connectivity index is 1.82. The van der Waals surface area contributed by atoms with E-state index in [0.29, 0.717) is 17.0 Å². The molecule has 1 saturated heterocycles. The number of hydrogen-bond donors (Lipinski definition) is 0. The largest absolute Gasteiger partial charge is 0.490 e. The van der Waals surface area contributed by atoms with Gasteiger partial charge in [0.2, 0.25) is 0 Å². The SMILES string of the molecule is CC1Cc2cc(C(Br)C3CCCO3)ccc2O1. The minimum atomic E-state index is 0.311. The van der Waals surface area contributed by atoms with Crippen molar-refractivity contribution < 1.29 is 9.47 Å². The molecule has 0 saturated carbocycles. The zero-order valence-electron chi connectivity index (χ0n) is 9.99. The van der Waals surface area contributed by atoms with Crippen molar-refractivity contribution >= 4 is 15.9 Å². The van der Waals surface area contributed by atoms with Crippen molar-refractivity contribution in [2.75, 3.05) is 6.61 Å². The Morgan fingerprint density at radius 3 is 3.06 bits per heavy atom. The molecule has 0 spiro atoms. The molecular formula is C14H17BrO2. The molecule has 0 aromatic heterocycles. The molecule has 0 N–H and O–H groups in total. The average Bonchev–Trinajstić information content (AvgIpc) is 2.94. The van der Waals surface area contributed by atoms with Crippen LogP contribution in [-0.2, 0) is 11.2 Å². The minimum absolute atomic E-state index is 0.311. The Kier molecular flexibility index (Phi) is 3.14. The predicted octanol–water partition coefficient (Wildman–Crippen LogP) is 3.63. The Hall–Kier alpha value is -0.540. The first kappa shape index (κ1) is 11.5. The van der Waals surface area contributed by atoms with Gasteiger partial charge in [-0.25, -0.2) is 0 Å². The molecule has 3 unspecified atom stereocenters. The highest BCUT2D eigenvalue weighted by Crippen LogP contribution is 2.37. The molecule has 3 rings (SSSR count). The third-order valence-electron chi connectivity index (χ3n) is 3.53. The Morgan fingerprint density at radius 2 is 2.29 bits per heavy atom. The van der Waals surface area contributed by atoms with Crippen LogP contribution in [0, 0.1) is 0 Å². The van der Waals surface area contributed by atoms with Crippen LogP contribution >= 0.6 is 15.9 Å². The van der Waals surface area contributed by atoms with E-state index in [1.54, 1.807) is 0 Å². The smallest absolute Gasteiger partial charge is 0.123 e. The van der Waals surface area contributed by atoms with Crippen molar-refractivity contribution in [2.24, 2.45) is 0 Å². The molecular weight excluding hydrogens is 280 g/mol. The summed E-state index contributed by atoms with van der Waals surface area (Å²) >= 11 is 3.77. The second-order valence-electron chi connectivity index (χ2n) is 4.95. The minimum Gasteiger partial charge on any atom is -0.490 e. The number of fused-ring (bicyclic) bond motifs is 1. The molecule has 2 heterocycles. The lowest BCUT2D eigenvalue weighted by molar-refractivity contribution is 0.110. The molecule has 0 bridgehead atoms. The van der Waals surface area contributed by atoms with Crippen LogP contribution in [-0.4, -0.2) is 18.8 Å². The number of hydrogen-bond acceptors (Lipinski definition) is 2. The van der Waals surface area contributed by atoms with E-state index < -0.39 is 0 Å². The van der Waals surface area contributed by atoms with Gasteiger partial charge < -0.3 is 9.47 Å². The van der Waals surface area contributed by atoms with E-state index in [4.69, 9.17) is 9.47 Å². The average molecular weight is 297 g/mol. The number of alkyl halides is 1. The summed E-state index contributed by atoms with van der Waals surface area (Å²) < 4.78 is 11.5. The molecule has 17 heavy (non-hydrogen) atoms. The van der Waals surface area contributed by atoms with Gasteiger partial charge in [0.1, 0.15) is 11.9 Å². The van der Waals surface area contributed by atoms with Gasteiger partial charge in [0.25, 0.3) is 0 Å². The van der Waals surface area contributed by atoms with Gasteiger partial charge in [-0.1, -0.05) is 28.1 Å². The van der Waals surface area contributed by atoms with Gasteiger partial charge in [0, 0.05) is 13.0 Å². The molecule has 3 atom stereocenters. The standard InChI is InChI=1S/C14H17BrO2/c1-9-7-11-8-10(4-5-12(11)17-9)14(15)13-3-2-6-16-13/h4-5,8-9,13-14H,2-3,6-7H2,1H3. The van der Waals surface area contributed by atoms with E-state index >= 15 is 0 Å². The second kappa shape index (κ2) is 4.62. The molecule has 92 valence electrons. The molecule has 0 amide bonds. The molecule has 3 heteroatoms. The van der Waals surface area contributed by atoms with Crippen molar-refractivity contribution in [3.05, 3.63) is 29.3 Å². The third-order valence-corrected chi connectivity index (χ3v) is 4.65. The van der Waals surface area contributed by atoms with Crippen molar-refractivity contribution in [1.29, 1.82) is 0 Å². The summed E-state index contributed by atoms with van der Waals surface area (Å²) in [4.78, 5) is 0.311. The first-order chi connectivity index (χ1) is 8.24. The van der Waals surface area contributed by atoms with Crippen LogP contribution in [0.25, 0.3) is 0 Å². The molecule has 2 aliphatic rings. The van der Waals surface area contributed by atoms with Gasteiger partial charge in [-0.05, 0) is 37.0 Å². The van der Waals surface area contributed by atoms with Gasteiger partial charge in [-0.3, -0.25) is 0 Å². The number of rotatable bonds is 2. The Morgan fingerprint density at radius 1 is 1.41 bits per heavy atom. The molecule has 1 aromatic carbocycles. The summed E-state index contributed by atoms with van der Waals surface area (Å²) in [5.74, 6) is 1.05. The lowest BCUT2D eigenvalue weighted by Crippen LogP contribution is -2.12. The maximum absolute atomic E-state index is 5.73. The first-order valence-corrected chi connectivity index (χ1v) is 7.21. The highest BCUT2D eigenvalue weighted by atomic mass is 79.9. The van der Waals surface area contributed by atoms with Crippen molar-refractivity contribution in [1.82, 2.24) is 0 Å². The highest BCUT2D eigenvalue weighted by molar-refractivity contribution is 9.09. The molecule has 1 aromatic rings. The van der Waals surface area contributed by atoms with Crippen molar-refractivity contribution in [2.45, 2.75) is 43.2 Å². The summed E-state index contributed by atoms with van der Waals surface area (Å²) in [6, 6.07) is 6.51. The predicted molar refractivity (Wildman–Crippen MR) is 70.9 cm³/mol. The van der Waals surface area contributed by atoms with E-state index in [0.717, 1.165) is 25.2 Å². The summed E-state index contributed by atoms with van der Waals surface area (Å²) in [5.41, 5.74) is 2.64. The van der Waals surface area contributed by atoms with Crippen LogP contribution < -0.4 is 4.74 Å². The number of benzene rings is 1. The Labute approximate surface area is 110 Å². The van der Waals surface area contributed by atoms with Gasteiger partial charge in [-0.2, -0.15) is 0 Å². The van der Waals surface area contributed by atoms with Gasteiger partial charge in [0.15, 0.2) is 0 Å². The van der Waals surface area contributed by atoms with Gasteiger partial charge in [0.05, 0.1) is 10.9 Å². The zero-order chi connectivity index (χ0) is 11.8. The number of halogens is 1. The summed E-state index contributed by atoms with van der Waals surface area (Å²) in [5, 5.41) is 0. The molecule has 2 aliphatic heterocycles. The topological polar surface area (TPSA) is 18.5 Å². The van der Waals surface area contributed by atoms with Gasteiger partial charge >= 0.3 is 0 Å². The Bertz CT molecular complexity index is 413. The quantitative estimate of drug-likeness (QED) is 0.776. The lowest BCUT2D eigenvalue weighted by atomic mass is 10.0. The van der Waals surface area contributed by atoms with Crippen LogP contribution in [0.15, 0.2) is 18.2 Å². The van der Waals surface area contributed by atoms with E-state index in [-0.39, 0.29) is 0 Å². The summed E-state index contributed by atoms with van der Waals surface area (Å²) in [7, 11) is 0. The van der Waals surface area contributed by atoms with Crippen LogP contribution in [0.3, 0.4) is 0 Å². The number of ether oxygens (including phenoxy) is 2. The monoisotopic (exact) mass is 296 g/mol. The molecule has 0 radical (unpaired) electrons. The zero-order valence-corrected chi connectivity index (χ0v) is 11.6. The van der Waals surface area contributed by atoms with E-state index in [1.807, 2.05) is 0 Å². The van der Waals surface area contributed by atoms with Crippen molar-refractivity contribution in [3.63, 3.8) is 0 Å². The summed E-state index contributed by atoms with van der Waals surface area (Å²) in [6.45, 7) is 3.02. The maximum atomic E-state index is 5.73. The highest BCUT2D eigenvalue weighted by Gasteiger charge is 2.27. The van der Waals surface area contributed by atoms with Crippen LogP contribution in [0.2, 0.25) is 0 Å². The fraction of sp³-hybridized carbons (Fsp3) is 0.571. The van der Waals surface area contributed by atoms with E-state index in [9.17, 15) is 0 Å². The summed E-state index contributed by atoms with van der Waals surface area (Å²) in [6.07, 6.45) is 4.00. The molecule has 2 nitrogen and oxygen atoms in total. The second-order valence-corrected chi connectivity index (χ2v) is 5.94. The van der Waals surface area contributed by atoms with Crippen LogP contribution in [0.4, 0.5) is 0 Å². The van der Waals surface area contributed by atoms with Gasteiger partial charge in [-0.15, -0.1) is 0 Å². The fourth-order valence-corrected chi connectivity index (χ4v) is 3.36. The lowest BCUT2D eigenvalue weighted by Gasteiger charge is -2.17. The first-order valence-electron chi connectivity index (χ1n) is 6.29.